The summed E-state index contributed by atoms with van der Waals surface area (Å²) in [7, 11) is 0. The predicted molar refractivity (Wildman–Crippen MR) is 69.7 cm³/mol. The number of aliphatic imine (C=N–C) groups is 1. The number of nitrogens with one attached hydrogen (secondary N) is 1. The van der Waals surface area contributed by atoms with Gasteiger partial charge in [-0.25, -0.2) is 4.99 Å². The maximum absolute atomic E-state index is 5.75. The molecule has 0 spiro atoms. The van der Waals surface area contributed by atoms with Crippen LogP contribution in [0.25, 0.3) is 0 Å². The molecule has 0 unspecified atom stereocenters. The molecule has 0 bridgehead atoms. The number of nitrogens with zero attached hydrogens (tertiary/aromatic N) is 1. The predicted octanol–water partition coefficient (Wildman–Crippen LogP) is 1.98. The number of hydrogen-bond donors (Lipinski definition) is 2. The van der Waals surface area contributed by atoms with Crippen LogP contribution >= 0.6 is 11.8 Å². The third-order valence-electron chi connectivity index (χ3n) is 2.52. The van der Waals surface area contributed by atoms with Gasteiger partial charge in [-0.05, 0) is 36.8 Å². The minimum absolute atomic E-state index is 0.566. The Labute approximate surface area is 101 Å². The molecule has 1 fully saturated rings. The summed E-state index contributed by atoms with van der Waals surface area (Å²) >= 11 is 1.75. The number of hydrogen-bond acceptors (Lipinski definition) is 2. The molecule has 86 valence electrons. The van der Waals surface area contributed by atoms with Crippen LogP contribution < -0.4 is 11.1 Å². The van der Waals surface area contributed by atoms with Crippen LogP contribution in [0, 0.1) is 0 Å². The lowest BCUT2D eigenvalue weighted by Crippen LogP contribution is -2.33. The molecule has 0 heterocycles. The summed E-state index contributed by atoms with van der Waals surface area (Å²) in [5, 5.41) is 3.17. The molecule has 3 N–H and O–H groups in total. The van der Waals surface area contributed by atoms with E-state index in [2.05, 4.69) is 40.8 Å². The van der Waals surface area contributed by atoms with Crippen LogP contribution in [0.15, 0.2) is 34.2 Å². The lowest BCUT2D eigenvalue weighted by atomic mass is 10.2. The van der Waals surface area contributed by atoms with Gasteiger partial charge < -0.3 is 11.1 Å². The summed E-state index contributed by atoms with van der Waals surface area (Å²) in [6.45, 7) is 0.653. The summed E-state index contributed by atoms with van der Waals surface area (Å²) in [6.07, 6.45) is 4.52. The summed E-state index contributed by atoms with van der Waals surface area (Å²) in [5.41, 5.74) is 6.95. The zero-order valence-electron chi connectivity index (χ0n) is 9.44. The zero-order chi connectivity index (χ0) is 11.4. The molecular weight excluding hydrogens is 218 g/mol. The fraction of sp³-hybridized carbons (Fsp3) is 0.417. The van der Waals surface area contributed by atoms with E-state index in [0.29, 0.717) is 18.5 Å². The van der Waals surface area contributed by atoms with Crippen molar-refractivity contribution in [2.45, 2.75) is 30.3 Å². The van der Waals surface area contributed by atoms with E-state index >= 15 is 0 Å². The molecule has 1 saturated carbocycles. The van der Waals surface area contributed by atoms with Crippen LogP contribution in [0.1, 0.15) is 18.4 Å². The van der Waals surface area contributed by atoms with Gasteiger partial charge in [0.1, 0.15) is 0 Å². The van der Waals surface area contributed by atoms with Gasteiger partial charge in [-0.2, -0.15) is 0 Å². The Morgan fingerprint density at radius 1 is 1.44 bits per heavy atom. The second kappa shape index (κ2) is 5.25. The molecule has 0 aromatic heterocycles. The van der Waals surface area contributed by atoms with Gasteiger partial charge in [0.25, 0.3) is 0 Å². The lowest BCUT2D eigenvalue weighted by Gasteiger charge is -2.03. The number of rotatable bonds is 4. The summed E-state index contributed by atoms with van der Waals surface area (Å²) < 4.78 is 0. The van der Waals surface area contributed by atoms with E-state index in [0.717, 1.165) is 0 Å². The third-order valence-corrected chi connectivity index (χ3v) is 3.26. The SMILES string of the molecule is CSc1ccc(CN=C(N)NC2CC2)cc1. The van der Waals surface area contributed by atoms with E-state index < -0.39 is 0 Å². The quantitative estimate of drug-likeness (QED) is 0.476. The maximum atomic E-state index is 5.75. The molecule has 0 amide bonds. The molecular formula is C12H17N3S. The standard InChI is InChI=1S/C12H17N3S/c1-16-11-6-2-9(3-7-11)8-14-12(13)15-10-4-5-10/h2-3,6-7,10H,4-5,8H2,1H3,(H3,13,14,15). The Hall–Kier alpha value is -1.16. The molecule has 1 aromatic rings. The van der Waals surface area contributed by atoms with Crippen molar-refractivity contribution in [3.05, 3.63) is 29.8 Å². The van der Waals surface area contributed by atoms with Gasteiger partial charge in [0.15, 0.2) is 5.96 Å². The van der Waals surface area contributed by atoms with Gasteiger partial charge in [-0.3, -0.25) is 0 Å². The lowest BCUT2D eigenvalue weighted by molar-refractivity contribution is 0.878. The van der Waals surface area contributed by atoms with Gasteiger partial charge in [0.05, 0.1) is 6.54 Å². The van der Waals surface area contributed by atoms with E-state index in [1.54, 1.807) is 11.8 Å². The van der Waals surface area contributed by atoms with Crippen LogP contribution in [0.2, 0.25) is 0 Å². The molecule has 3 nitrogen and oxygen atoms in total. The van der Waals surface area contributed by atoms with E-state index in [1.165, 1.54) is 23.3 Å². The fourth-order valence-corrected chi connectivity index (χ4v) is 1.80. The molecule has 16 heavy (non-hydrogen) atoms. The number of nitrogens with two attached hydrogens (primary N) is 1. The van der Waals surface area contributed by atoms with E-state index in [4.69, 9.17) is 5.73 Å². The maximum Gasteiger partial charge on any atom is 0.189 e. The fourth-order valence-electron chi connectivity index (χ4n) is 1.39. The topological polar surface area (TPSA) is 50.4 Å². The average Bonchev–Trinajstić information content (AvgIpc) is 3.11. The first kappa shape index (κ1) is 11.3. The van der Waals surface area contributed by atoms with Crippen LogP contribution in [0.3, 0.4) is 0 Å². The molecule has 4 heteroatoms. The Morgan fingerprint density at radius 2 is 2.12 bits per heavy atom. The Balaban J connectivity index is 1.87. The number of benzene rings is 1. The first-order valence-corrected chi connectivity index (χ1v) is 6.70. The summed E-state index contributed by atoms with van der Waals surface area (Å²) in [5.74, 6) is 0.566. The normalized spacial score (nSPS) is 16.2. The van der Waals surface area contributed by atoms with Crippen LogP contribution in [0.4, 0.5) is 0 Å². The molecule has 2 rings (SSSR count). The molecule has 0 aliphatic heterocycles. The number of thioether (sulfide) groups is 1. The third kappa shape index (κ3) is 3.45. The van der Waals surface area contributed by atoms with Crippen molar-refractivity contribution < 1.29 is 0 Å². The Bertz CT molecular complexity index is 368. The van der Waals surface area contributed by atoms with Crippen molar-refractivity contribution in [3.63, 3.8) is 0 Å². The van der Waals surface area contributed by atoms with Gasteiger partial charge in [-0.15, -0.1) is 11.8 Å². The smallest absolute Gasteiger partial charge is 0.189 e. The van der Waals surface area contributed by atoms with Gasteiger partial charge in [0.2, 0.25) is 0 Å². The zero-order valence-corrected chi connectivity index (χ0v) is 10.3. The van der Waals surface area contributed by atoms with Crippen LogP contribution in [0.5, 0.6) is 0 Å². The second-order valence-electron chi connectivity index (χ2n) is 3.97. The molecule has 0 atom stereocenters. The van der Waals surface area contributed by atoms with Crippen LogP contribution in [-0.4, -0.2) is 18.3 Å². The molecule has 0 radical (unpaired) electrons. The average molecular weight is 235 g/mol. The highest BCUT2D eigenvalue weighted by Crippen LogP contribution is 2.18. The largest absolute Gasteiger partial charge is 0.370 e. The summed E-state index contributed by atoms with van der Waals surface area (Å²) in [4.78, 5) is 5.58. The molecule has 0 saturated heterocycles. The van der Waals surface area contributed by atoms with Crippen molar-refractivity contribution in [2.24, 2.45) is 10.7 Å². The molecule has 1 aromatic carbocycles. The Kier molecular flexibility index (Phi) is 3.72. The van der Waals surface area contributed by atoms with Crippen molar-refractivity contribution in [1.29, 1.82) is 0 Å². The second-order valence-corrected chi connectivity index (χ2v) is 4.85. The van der Waals surface area contributed by atoms with Crippen molar-refractivity contribution >= 4 is 17.7 Å². The first-order valence-electron chi connectivity index (χ1n) is 5.47. The van der Waals surface area contributed by atoms with E-state index in [-0.39, 0.29) is 0 Å². The van der Waals surface area contributed by atoms with Crippen molar-refractivity contribution in [2.75, 3.05) is 6.26 Å². The highest BCUT2D eigenvalue weighted by molar-refractivity contribution is 7.98. The molecule has 1 aliphatic rings. The Morgan fingerprint density at radius 3 is 2.69 bits per heavy atom. The van der Waals surface area contributed by atoms with E-state index in [9.17, 15) is 0 Å². The molecule has 1 aliphatic carbocycles. The van der Waals surface area contributed by atoms with Crippen LogP contribution in [-0.2, 0) is 6.54 Å². The minimum atomic E-state index is 0.566. The van der Waals surface area contributed by atoms with Gasteiger partial charge >= 0.3 is 0 Å². The first-order chi connectivity index (χ1) is 7.78. The van der Waals surface area contributed by atoms with Crippen molar-refractivity contribution in [1.82, 2.24) is 5.32 Å². The minimum Gasteiger partial charge on any atom is -0.370 e. The number of guanidine groups is 1. The highest BCUT2D eigenvalue weighted by atomic mass is 32.2. The van der Waals surface area contributed by atoms with Gasteiger partial charge in [0, 0.05) is 10.9 Å². The van der Waals surface area contributed by atoms with Crippen molar-refractivity contribution in [3.8, 4) is 0 Å². The summed E-state index contributed by atoms with van der Waals surface area (Å²) in [6, 6.07) is 8.99. The van der Waals surface area contributed by atoms with E-state index in [1.807, 2.05) is 0 Å². The monoisotopic (exact) mass is 235 g/mol. The highest BCUT2D eigenvalue weighted by Gasteiger charge is 2.21. The van der Waals surface area contributed by atoms with Gasteiger partial charge in [-0.1, -0.05) is 12.1 Å².